The highest BCUT2D eigenvalue weighted by Gasteiger charge is 2.31. The van der Waals surface area contributed by atoms with Crippen LogP contribution in [0.1, 0.15) is 53.3 Å². The minimum atomic E-state index is -0.718. The van der Waals surface area contributed by atoms with Gasteiger partial charge in [-0.1, -0.05) is 30.3 Å². The van der Waals surface area contributed by atoms with Crippen molar-refractivity contribution in [3.8, 4) is 11.5 Å². The molecule has 1 aliphatic carbocycles. The molecule has 1 amide bonds. The van der Waals surface area contributed by atoms with E-state index in [2.05, 4.69) is 0 Å². The highest BCUT2D eigenvalue weighted by Crippen LogP contribution is 2.38. The number of carbonyl (C=O) groups is 3. The molecule has 3 aromatic rings. The lowest BCUT2D eigenvalue weighted by molar-refractivity contribution is 0.0706. The molecule has 7 heteroatoms. The molecule has 0 spiro atoms. The van der Waals surface area contributed by atoms with Gasteiger partial charge in [0.15, 0.2) is 5.78 Å². The van der Waals surface area contributed by atoms with Gasteiger partial charge in [-0.25, -0.2) is 5.48 Å². The molecule has 0 aromatic heterocycles. The Labute approximate surface area is 164 Å². The molecule has 0 unspecified atom stereocenters. The number of nitrogens with one attached hydrogen (secondary N) is 1. The van der Waals surface area contributed by atoms with Crippen LogP contribution in [0.15, 0.2) is 54.6 Å². The van der Waals surface area contributed by atoms with Crippen molar-refractivity contribution in [1.29, 1.82) is 0 Å². The van der Waals surface area contributed by atoms with Gasteiger partial charge < -0.3 is 10.2 Å². The molecule has 0 radical (unpaired) electrons. The second kappa shape index (κ2) is 6.88. The summed E-state index contributed by atoms with van der Waals surface area (Å²) in [5.74, 6) is -2.40. The van der Waals surface area contributed by atoms with Crippen molar-refractivity contribution in [2.45, 2.75) is 6.42 Å². The SMILES string of the molecule is O=C(NO)c1ccc(C(=O)c2ccc3c(c2O)C(=O)c2c(O)cccc2C3)cc1. The average Bonchev–Trinajstić information content (AvgIpc) is 2.73. The van der Waals surface area contributed by atoms with Crippen molar-refractivity contribution in [1.82, 2.24) is 5.48 Å². The molecule has 0 aliphatic heterocycles. The van der Waals surface area contributed by atoms with Crippen LogP contribution < -0.4 is 5.48 Å². The predicted octanol–water partition coefficient (Wildman–Crippen LogP) is 2.58. The summed E-state index contributed by atoms with van der Waals surface area (Å²) in [4.78, 5) is 37.2. The molecule has 144 valence electrons. The first kappa shape index (κ1) is 18.4. The molecule has 4 N–H and O–H groups in total. The molecule has 0 saturated carbocycles. The van der Waals surface area contributed by atoms with Crippen molar-refractivity contribution in [2.75, 3.05) is 0 Å². The molecule has 0 saturated heterocycles. The van der Waals surface area contributed by atoms with Crippen LogP contribution in [-0.4, -0.2) is 32.9 Å². The number of rotatable bonds is 3. The second-order valence-corrected chi connectivity index (χ2v) is 6.66. The molecular formula is C22H15NO6. The third-order valence-electron chi connectivity index (χ3n) is 4.98. The van der Waals surface area contributed by atoms with Crippen molar-refractivity contribution in [3.05, 3.63) is 93.5 Å². The Morgan fingerprint density at radius 1 is 0.828 bits per heavy atom. The van der Waals surface area contributed by atoms with E-state index in [0.29, 0.717) is 17.5 Å². The van der Waals surface area contributed by atoms with Crippen LogP contribution in [0.5, 0.6) is 11.5 Å². The average molecular weight is 389 g/mol. The fraction of sp³-hybridized carbons (Fsp3) is 0.0455. The van der Waals surface area contributed by atoms with E-state index in [9.17, 15) is 24.6 Å². The lowest BCUT2D eigenvalue weighted by atomic mass is 9.82. The highest BCUT2D eigenvalue weighted by molar-refractivity contribution is 6.19. The molecule has 0 atom stereocenters. The fourth-order valence-electron chi connectivity index (χ4n) is 3.54. The number of hydrogen-bond donors (Lipinski definition) is 4. The monoisotopic (exact) mass is 389 g/mol. The third-order valence-corrected chi connectivity index (χ3v) is 4.98. The summed E-state index contributed by atoms with van der Waals surface area (Å²) in [5.41, 5.74) is 3.13. The summed E-state index contributed by atoms with van der Waals surface area (Å²) >= 11 is 0. The molecule has 0 bridgehead atoms. The van der Waals surface area contributed by atoms with Gasteiger partial charge in [0.2, 0.25) is 5.78 Å². The maximum Gasteiger partial charge on any atom is 0.274 e. The van der Waals surface area contributed by atoms with Gasteiger partial charge in [0.1, 0.15) is 11.5 Å². The first-order valence-electron chi connectivity index (χ1n) is 8.72. The van der Waals surface area contributed by atoms with Crippen molar-refractivity contribution < 1.29 is 29.8 Å². The Balaban J connectivity index is 1.75. The van der Waals surface area contributed by atoms with Crippen LogP contribution in [0, 0.1) is 0 Å². The number of benzene rings is 3. The van der Waals surface area contributed by atoms with Crippen molar-refractivity contribution >= 4 is 17.5 Å². The Bertz CT molecular complexity index is 1180. The van der Waals surface area contributed by atoms with Crippen molar-refractivity contribution in [3.63, 3.8) is 0 Å². The Kier molecular flexibility index (Phi) is 4.37. The minimum absolute atomic E-state index is 0.00104. The number of phenolic OH excluding ortho intramolecular Hbond substituents is 2. The molecule has 4 rings (SSSR count). The van der Waals surface area contributed by atoms with Crippen LogP contribution in [0.2, 0.25) is 0 Å². The maximum atomic E-state index is 12.9. The minimum Gasteiger partial charge on any atom is -0.507 e. The normalized spacial score (nSPS) is 12.1. The summed E-state index contributed by atoms with van der Waals surface area (Å²) in [6.07, 6.45) is 0.345. The highest BCUT2D eigenvalue weighted by atomic mass is 16.5. The number of phenols is 2. The fourth-order valence-corrected chi connectivity index (χ4v) is 3.54. The molecule has 0 fully saturated rings. The third kappa shape index (κ3) is 2.94. The summed E-state index contributed by atoms with van der Waals surface area (Å²) in [6.45, 7) is 0. The zero-order chi connectivity index (χ0) is 20.7. The van der Waals surface area contributed by atoms with Crippen LogP contribution in [0.4, 0.5) is 0 Å². The second-order valence-electron chi connectivity index (χ2n) is 6.66. The Hall–Kier alpha value is -3.97. The van der Waals surface area contributed by atoms with Gasteiger partial charge in [-0.3, -0.25) is 19.6 Å². The van der Waals surface area contributed by atoms with Gasteiger partial charge in [0, 0.05) is 11.1 Å². The topological polar surface area (TPSA) is 124 Å². The van der Waals surface area contributed by atoms with E-state index in [-0.39, 0.29) is 33.6 Å². The van der Waals surface area contributed by atoms with Gasteiger partial charge in [0.05, 0.1) is 16.7 Å². The Morgan fingerprint density at radius 3 is 2.17 bits per heavy atom. The summed E-state index contributed by atoms with van der Waals surface area (Å²) in [6, 6.07) is 13.3. The predicted molar refractivity (Wildman–Crippen MR) is 102 cm³/mol. The number of carbonyl (C=O) groups excluding carboxylic acids is 3. The summed E-state index contributed by atoms with van der Waals surface area (Å²) in [7, 11) is 0. The standard InChI is InChI=1S/C22H15NO6/c24-16-3-1-2-13-10-14-8-9-15(20(26)18(14)21(27)17(13)16)19(25)11-4-6-12(7-5-11)22(28)23-29/h1-9,24,26,29H,10H2,(H,23,28). The zero-order valence-corrected chi connectivity index (χ0v) is 15.0. The summed E-state index contributed by atoms with van der Waals surface area (Å²) < 4.78 is 0. The largest absolute Gasteiger partial charge is 0.507 e. The van der Waals surface area contributed by atoms with E-state index in [0.717, 1.165) is 0 Å². The van der Waals surface area contributed by atoms with E-state index in [1.165, 1.54) is 41.9 Å². The van der Waals surface area contributed by atoms with E-state index in [1.807, 2.05) is 0 Å². The van der Waals surface area contributed by atoms with E-state index in [1.54, 1.807) is 18.2 Å². The van der Waals surface area contributed by atoms with E-state index < -0.39 is 23.2 Å². The number of aromatic hydroxyl groups is 2. The molecular weight excluding hydrogens is 374 g/mol. The van der Waals surface area contributed by atoms with Crippen LogP contribution in [0.25, 0.3) is 0 Å². The smallest absolute Gasteiger partial charge is 0.274 e. The molecule has 29 heavy (non-hydrogen) atoms. The number of fused-ring (bicyclic) bond motifs is 2. The van der Waals surface area contributed by atoms with Gasteiger partial charge in [-0.15, -0.1) is 0 Å². The van der Waals surface area contributed by atoms with Crippen LogP contribution >= 0.6 is 0 Å². The molecule has 1 aliphatic rings. The molecule has 7 nitrogen and oxygen atoms in total. The first-order chi connectivity index (χ1) is 13.9. The number of amides is 1. The van der Waals surface area contributed by atoms with Gasteiger partial charge in [-0.05, 0) is 41.8 Å². The lowest BCUT2D eigenvalue weighted by Crippen LogP contribution is -2.18. The van der Waals surface area contributed by atoms with Gasteiger partial charge in [-0.2, -0.15) is 0 Å². The van der Waals surface area contributed by atoms with Gasteiger partial charge in [0.25, 0.3) is 5.91 Å². The Morgan fingerprint density at radius 2 is 1.48 bits per heavy atom. The number of hydroxylamine groups is 1. The van der Waals surface area contributed by atoms with Gasteiger partial charge >= 0.3 is 0 Å². The number of hydrogen-bond acceptors (Lipinski definition) is 6. The van der Waals surface area contributed by atoms with Crippen LogP contribution in [0.3, 0.4) is 0 Å². The first-order valence-corrected chi connectivity index (χ1v) is 8.72. The summed E-state index contributed by atoms with van der Waals surface area (Å²) in [5, 5.41) is 29.4. The number of ketones is 2. The zero-order valence-electron chi connectivity index (χ0n) is 15.0. The quantitative estimate of drug-likeness (QED) is 0.243. The lowest BCUT2D eigenvalue weighted by Gasteiger charge is -2.21. The van der Waals surface area contributed by atoms with E-state index in [4.69, 9.17) is 5.21 Å². The van der Waals surface area contributed by atoms with E-state index >= 15 is 0 Å². The molecule has 0 heterocycles. The van der Waals surface area contributed by atoms with Crippen molar-refractivity contribution in [2.24, 2.45) is 0 Å². The van der Waals surface area contributed by atoms with Crippen LogP contribution in [-0.2, 0) is 6.42 Å². The molecule has 3 aromatic carbocycles. The maximum absolute atomic E-state index is 12.9.